The molecule has 0 saturated heterocycles. The number of hydrogen-bond acceptors (Lipinski definition) is 8. The molecule has 260 valence electrons. The van der Waals surface area contributed by atoms with Gasteiger partial charge in [-0.3, -0.25) is 34.4 Å². The van der Waals surface area contributed by atoms with E-state index in [0.717, 1.165) is 33.5 Å². The quantitative estimate of drug-likeness (QED) is 0.140. The lowest BCUT2D eigenvalue weighted by atomic mass is 10.2. The third kappa shape index (κ3) is 6.92. The zero-order chi connectivity index (χ0) is 35.5. The van der Waals surface area contributed by atoms with E-state index < -0.39 is 5.91 Å². The molecule has 4 aromatic heterocycles. The largest absolute Gasteiger partial charge is 0.481 e. The van der Waals surface area contributed by atoms with Crippen LogP contribution in [0.3, 0.4) is 0 Å². The highest BCUT2D eigenvalue weighted by atomic mass is 16.5. The van der Waals surface area contributed by atoms with Gasteiger partial charge in [0.15, 0.2) is 6.61 Å². The van der Waals surface area contributed by atoms with Gasteiger partial charge in [0.1, 0.15) is 22.7 Å². The van der Waals surface area contributed by atoms with Gasteiger partial charge >= 0.3 is 0 Å². The Labute approximate surface area is 288 Å². The number of primary amides is 1. The Kier molecular flexibility index (Phi) is 9.65. The molecule has 0 spiro atoms. The number of carbonyl (C=O) groups is 3. The van der Waals surface area contributed by atoms with Gasteiger partial charge in [-0.15, -0.1) is 0 Å². The molecular formula is C35H41N11O4. The average molecular weight is 680 g/mol. The number of amides is 3. The highest BCUT2D eigenvalue weighted by Gasteiger charge is 2.21. The third-order valence-electron chi connectivity index (χ3n) is 8.35. The summed E-state index contributed by atoms with van der Waals surface area (Å²) in [6, 6.07) is 14.9. The van der Waals surface area contributed by atoms with Crippen LogP contribution in [0.5, 0.6) is 5.75 Å². The number of rotatable bonds is 14. The van der Waals surface area contributed by atoms with Crippen LogP contribution in [0.2, 0.25) is 0 Å². The molecule has 6 aromatic rings. The number of fused-ring (bicyclic) bond motifs is 2. The van der Waals surface area contributed by atoms with Crippen LogP contribution in [0.4, 0.5) is 11.9 Å². The zero-order valence-corrected chi connectivity index (χ0v) is 28.9. The molecule has 3 amide bonds. The lowest BCUT2D eigenvalue weighted by molar-refractivity contribution is -0.119. The number of anilines is 2. The van der Waals surface area contributed by atoms with Crippen molar-refractivity contribution in [1.29, 1.82) is 0 Å². The molecule has 15 nitrogen and oxygen atoms in total. The minimum absolute atomic E-state index is 0.278. The van der Waals surface area contributed by atoms with Gasteiger partial charge in [0.05, 0.1) is 27.9 Å². The number of benzene rings is 2. The highest BCUT2D eigenvalue weighted by Crippen LogP contribution is 2.29. The maximum atomic E-state index is 13.5. The Balaban J connectivity index is 1.26. The summed E-state index contributed by atoms with van der Waals surface area (Å²) in [7, 11) is 0. The number of imidazole rings is 2. The van der Waals surface area contributed by atoms with Crippen LogP contribution >= 0.6 is 0 Å². The number of hydrogen-bond donors (Lipinski definition) is 3. The number of aromatic nitrogens is 8. The van der Waals surface area contributed by atoms with Gasteiger partial charge in [0.2, 0.25) is 11.9 Å². The first-order valence-corrected chi connectivity index (χ1v) is 16.6. The number of para-hydroxylation sites is 1. The number of aryl methyl sites for hydroxylation is 7. The maximum Gasteiger partial charge on any atom is 0.276 e. The van der Waals surface area contributed by atoms with E-state index in [4.69, 9.17) is 20.4 Å². The van der Waals surface area contributed by atoms with Crippen molar-refractivity contribution >= 4 is 51.7 Å². The van der Waals surface area contributed by atoms with E-state index in [9.17, 15) is 14.4 Å². The summed E-state index contributed by atoms with van der Waals surface area (Å²) in [6.07, 6.45) is 1.40. The Bertz CT molecular complexity index is 2220. The summed E-state index contributed by atoms with van der Waals surface area (Å²) in [6.45, 7) is 11.4. The predicted octanol–water partition coefficient (Wildman–Crippen LogP) is 4.59. The highest BCUT2D eigenvalue weighted by molar-refractivity contribution is 6.04. The van der Waals surface area contributed by atoms with Crippen molar-refractivity contribution in [1.82, 2.24) is 38.7 Å². The summed E-state index contributed by atoms with van der Waals surface area (Å²) in [4.78, 5) is 47.9. The van der Waals surface area contributed by atoms with E-state index in [2.05, 4.69) is 20.8 Å². The van der Waals surface area contributed by atoms with E-state index in [1.807, 2.05) is 68.0 Å². The van der Waals surface area contributed by atoms with Crippen LogP contribution in [-0.2, 0) is 31.0 Å². The number of unbranched alkanes of at least 4 members (excludes halogenated alkanes) is 1. The molecule has 0 atom stereocenters. The summed E-state index contributed by atoms with van der Waals surface area (Å²) in [5, 5.41) is 14.8. The number of nitrogens with two attached hydrogens (primary N) is 1. The van der Waals surface area contributed by atoms with Gasteiger partial charge in [-0.1, -0.05) is 12.1 Å². The molecule has 4 N–H and O–H groups in total. The summed E-state index contributed by atoms with van der Waals surface area (Å²) in [5.74, 6) is -0.0610. The van der Waals surface area contributed by atoms with Gasteiger partial charge in [0.25, 0.3) is 17.7 Å². The first-order valence-electron chi connectivity index (χ1n) is 16.6. The second kappa shape index (κ2) is 14.2. The molecule has 0 aliphatic carbocycles. The fraction of sp³-hybridized carbons (Fsp3) is 0.343. The molecule has 2 aromatic carbocycles. The second-order valence-electron chi connectivity index (χ2n) is 12.1. The smallest absolute Gasteiger partial charge is 0.276 e. The summed E-state index contributed by atoms with van der Waals surface area (Å²) >= 11 is 0. The van der Waals surface area contributed by atoms with Gasteiger partial charge in [-0.05, 0) is 89.4 Å². The lowest BCUT2D eigenvalue weighted by Gasteiger charge is -2.13. The van der Waals surface area contributed by atoms with E-state index in [0.29, 0.717) is 73.6 Å². The number of carbonyl (C=O) groups excluding carboxylic acids is 3. The van der Waals surface area contributed by atoms with Crippen LogP contribution in [0.1, 0.15) is 64.6 Å². The van der Waals surface area contributed by atoms with Crippen LogP contribution in [0, 0.1) is 20.8 Å². The van der Waals surface area contributed by atoms with Gasteiger partial charge in [0, 0.05) is 26.2 Å². The molecule has 0 aliphatic rings. The van der Waals surface area contributed by atoms with E-state index in [1.165, 1.54) is 0 Å². The summed E-state index contributed by atoms with van der Waals surface area (Å²) < 4.78 is 12.9. The molecule has 0 aliphatic heterocycles. The minimum Gasteiger partial charge on any atom is -0.481 e. The second-order valence-corrected chi connectivity index (χ2v) is 12.1. The Morgan fingerprint density at radius 1 is 0.760 bits per heavy atom. The molecule has 0 unspecified atom stereocenters. The topological polar surface area (TPSA) is 182 Å². The fourth-order valence-corrected chi connectivity index (χ4v) is 6.08. The lowest BCUT2D eigenvalue weighted by Crippen LogP contribution is -2.20. The number of nitrogens with one attached hydrogen (secondary N) is 2. The van der Waals surface area contributed by atoms with Crippen molar-refractivity contribution in [3.05, 3.63) is 76.9 Å². The van der Waals surface area contributed by atoms with Crippen molar-refractivity contribution in [2.75, 3.05) is 17.2 Å². The molecule has 0 radical (unpaired) electrons. The Morgan fingerprint density at radius 3 is 1.92 bits per heavy atom. The van der Waals surface area contributed by atoms with Crippen molar-refractivity contribution in [3.8, 4) is 5.75 Å². The molecule has 0 fully saturated rings. The fourth-order valence-electron chi connectivity index (χ4n) is 6.08. The molecule has 4 heterocycles. The van der Waals surface area contributed by atoms with Crippen LogP contribution in [-0.4, -0.2) is 63.0 Å². The van der Waals surface area contributed by atoms with Crippen molar-refractivity contribution in [2.24, 2.45) is 5.73 Å². The molecule has 15 heteroatoms. The van der Waals surface area contributed by atoms with E-state index in [-0.39, 0.29) is 18.4 Å². The monoisotopic (exact) mass is 679 g/mol. The van der Waals surface area contributed by atoms with E-state index in [1.54, 1.807) is 33.6 Å². The number of nitrogens with zero attached hydrogens (tertiary/aromatic N) is 8. The minimum atomic E-state index is -0.609. The molecule has 50 heavy (non-hydrogen) atoms. The first kappa shape index (κ1) is 33.9. The van der Waals surface area contributed by atoms with E-state index >= 15 is 0 Å². The van der Waals surface area contributed by atoms with Crippen molar-refractivity contribution in [2.45, 2.75) is 73.6 Å². The normalized spacial score (nSPS) is 11.4. The third-order valence-corrected chi connectivity index (χ3v) is 8.35. The Hall–Kier alpha value is -5.99. The van der Waals surface area contributed by atoms with Crippen LogP contribution in [0.15, 0.2) is 48.5 Å². The SMILES string of the molecule is CCn1nc(C)cc1C(=O)Nc1nc2cc(C)ccc2n1CCCCn1c(NC(=O)c2cc(C)nn2CC)nc2c(OCC(N)=O)cccc21. The van der Waals surface area contributed by atoms with Crippen molar-refractivity contribution in [3.63, 3.8) is 0 Å². The number of ether oxygens (including phenoxy) is 1. The van der Waals surface area contributed by atoms with Gasteiger partial charge in [-0.2, -0.15) is 10.2 Å². The average Bonchev–Trinajstić information content (AvgIpc) is 3.84. The predicted molar refractivity (Wildman–Crippen MR) is 189 cm³/mol. The molecule has 0 bridgehead atoms. The summed E-state index contributed by atoms with van der Waals surface area (Å²) in [5.41, 5.74) is 11.7. The van der Waals surface area contributed by atoms with Crippen LogP contribution < -0.4 is 21.1 Å². The van der Waals surface area contributed by atoms with Gasteiger partial charge < -0.3 is 19.6 Å². The van der Waals surface area contributed by atoms with Crippen LogP contribution in [0.25, 0.3) is 22.1 Å². The molecule has 6 rings (SSSR count). The molecule has 0 saturated carbocycles. The van der Waals surface area contributed by atoms with Gasteiger partial charge in [-0.25, -0.2) is 9.97 Å². The first-order chi connectivity index (χ1) is 24.1. The maximum absolute atomic E-state index is 13.5. The molecular weight excluding hydrogens is 638 g/mol. The standard InChI is InChI=1S/C35H41N11O4/c1-6-45-27(18-22(4)41-45)32(48)39-34-37-24-17-21(3)13-14-25(24)43(34)15-8-9-16-44-26-11-10-12-29(50-20-30(36)47)31(26)38-35(44)40-33(49)28-19-23(5)42-46(28)7-2/h10-14,17-19H,6-9,15-16,20H2,1-5H3,(H2,36,47)(H,37,39,48)(H,38,40,49). The zero-order valence-electron chi connectivity index (χ0n) is 28.9. The Morgan fingerprint density at radius 2 is 1.34 bits per heavy atom. The van der Waals surface area contributed by atoms with Crippen molar-refractivity contribution < 1.29 is 19.1 Å².